The summed E-state index contributed by atoms with van der Waals surface area (Å²) in [4.78, 5) is 0. The van der Waals surface area contributed by atoms with Crippen LogP contribution in [0.3, 0.4) is 0 Å². The number of allylic oxidation sites excluding steroid dienone is 1. The second-order valence-corrected chi connectivity index (χ2v) is 5.66. The quantitative estimate of drug-likeness (QED) is 0.488. The van der Waals surface area contributed by atoms with E-state index in [0.29, 0.717) is 5.92 Å². The van der Waals surface area contributed by atoms with Crippen molar-refractivity contribution >= 4 is 11.4 Å². The first kappa shape index (κ1) is 13.7. The summed E-state index contributed by atoms with van der Waals surface area (Å²) in [6, 6.07) is 10.1. The third-order valence-corrected chi connectivity index (χ3v) is 4.08. The molecule has 0 saturated heterocycles. The molecule has 2 atom stereocenters. The van der Waals surface area contributed by atoms with Gasteiger partial charge in [0.1, 0.15) is 0 Å². The molecule has 0 bridgehead atoms. The van der Waals surface area contributed by atoms with Crippen molar-refractivity contribution in [3.63, 3.8) is 0 Å². The zero-order valence-electron chi connectivity index (χ0n) is 11.7. The molecule has 19 heavy (non-hydrogen) atoms. The maximum atomic E-state index is 9.32. The molecule has 3 nitrogen and oxygen atoms in total. The SMILES string of the molecule is C=C(C)[C@@H]1CC[C@](C)(Nc2ccccc2)/C(=N\O)C1. The van der Waals surface area contributed by atoms with E-state index >= 15 is 0 Å². The van der Waals surface area contributed by atoms with Crippen molar-refractivity contribution in [1.29, 1.82) is 0 Å². The molecule has 0 aromatic heterocycles. The first-order valence-corrected chi connectivity index (χ1v) is 6.75. The molecular formula is C16H22N2O. The molecule has 1 fully saturated rings. The largest absolute Gasteiger partial charge is 0.411 e. The predicted molar refractivity (Wildman–Crippen MR) is 79.8 cm³/mol. The number of nitrogens with one attached hydrogen (secondary N) is 1. The monoisotopic (exact) mass is 258 g/mol. The summed E-state index contributed by atoms with van der Waals surface area (Å²) in [5, 5.41) is 16.4. The van der Waals surface area contributed by atoms with Gasteiger partial charge in [-0.05, 0) is 51.2 Å². The fraction of sp³-hybridized carbons (Fsp3) is 0.438. The summed E-state index contributed by atoms with van der Waals surface area (Å²) in [5.41, 5.74) is 2.76. The molecule has 0 spiro atoms. The Morgan fingerprint density at radius 3 is 2.68 bits per heavy atom. The fourth-order valence-electron chi connectivity index (χ4n) is 2.71. The Bertz CT molecular complexity index is 481. The van der Waals surface area contributed by atoms with Crippen molar-refractivity contribution in [2.24, 2.45) is 11.1 Å². The van der Waals surface area contributed by atoms with Gasteiger partial charge in [-0.15, -0.1) is 0 Å². The van der Waals surface area contributed by atoms with Crippen LogP contribution >= 0.6 is 0 Å². The van der Waals surface area contributed by atoms with Crippen LogP contribution in [0, 0.1) is 5.92 Å². The average molecular weight is 258 g/mol. The molecule has 1 aromatic rings. The summed E-state index contributed by atoms with van der Waals surface area (Å²) in [6.45, 7) is 8.17. The highest BCUT2D eigenvalue weighted by molar-refractivity contribution is 5.96. The van der Waals surface area contributed by atoms with E-state index in [1.165, 1.54) is 5.57 Å². The zero-order valence-corrected chi connectivity index (χ0v) is 11.7. The van der Waals surface area contributed by atoms with Crippen LogP contribution in [0.5, 0.6) is 0 Å². The van der Waals surface area contributed by atoms with Crippen LogP contribution in [0.15, 0.2) is 47.6 Å². The third kappa shape index (κ3) is 2.98. The van der Waals surface area contributed by atoms with E-state index < -0.39 is 0 Å². The van der Waals surface area contributed by atoms with Gasteiger partial charge in [0.15, 0.2) is 0 Å². The number of hydrogen-bond acceptors (Lipinski definition) is 3. The second-order valence-electron chi connectivity index (χ2n) is 5.66. The van der Waals surface area contributed by atoms with Gasteiger partial charge in [-0.25, -0.2) is 0 Å². The highest BCUT2D eigenvalue weighted by atomic mass is 16.4. The summed E-state index contributed by atoms with van der Waals surface area (Å²) in [5.74, 6) is 0.427. The molecule has 102 valence electrons. The van der Waals surface area contributed by atoms with Crippen LogP contribution in [0.4, 0.5) is 5.69 Å². The van der Waals surface area contributed by atoms with Crippen molar-refractivity contribution in [2.75, 3.05) is 5.32 Å². The Morgan fingerprint density at radius 1 is 1.42 bits per heavy atom. The Kier molecular flexibility index (Phi) is 3.93. The molecule has 3 heteroatoms. The Morgan fingerprint density at radius 2 is 2.11 bits per heavy atom. The van der Waals surface area contributed by atoms with Crippen LogP contribution in [-0.2, 0) is 0 Å². The van der Waals surface area contributed by atoms with Crippen molar-refractivity contribution in [2.45, 2.75) is 38.6 Å². The van der Waals surface area contributed by atoms with Gasteiger partial charge >= 0.3 is 0 Å². The van der Waals surface area contributed by atoms with Gasteiger partial charge in [0.2, 0.25) is 0 Å². The number of oxime groups is 1. The zero-order chi connectivity index (χ0) is 13.9. The summed E-state index contributed by atoms with van der Waals surface area (Å²) in [7, 11) is 0. The van der Waals surface area contributed by atoms with Crippen LogP contribution in [0.25, 0.3) is 0 Å². The molecule has 1 saturated carbocycles. The van der Waals surface area contributed by atoms with Crippen molar-refractivity contribution in [1.82, 2.24) is 0 Å². The van der Waals surface area contributed by atoms with E-state index in [4.69, 9.17) is 0 Å². The van der Waals surface area contributed by atoms with Crippen LogP contribution in [0.1, 0.15) is 33.1 Å². The number of benzene rings is 1. The molecule has 1 aliphatic carbocycles. The van der Waals surface area contributed by atoms with Gasteiger partial charge < -0.3 is 10.5 Å². The molecule has 1 aromatic carbocycles. The maximum absolute atomic E-state index is 9.32. The number of rotatable bonds is 3. The molecule has 2 rings (SSSR count). The van der Waals surface area contributed by atoms with Crippen LogP contribution in [0.2, 0.25) is 0 Å². The van der Waals surface area contributed by atoms with Crippen LogP contribution < -0.4 is 5.32 Å². The summed E-state index contributed by atoms with van der Waals surface area (Å²) in [6.07, 6.45) is 2.80. The Balaban J connectivity index is 2.17. The second kappa shape index (κ2) is 5.47. The first-order valence-electron chi connectivity index (χ1n) is 6.75. The lowest BCUT2D eigenvalue weighted by Gasteiger charge is -2.39. The predicted octanol–water partition coefficient (Wildman–Crippen LogP) is 4.06. The number of anilines is 1. The normalized spacial score (nSPS) is 29.2. The van der Waals surface area contributed by atoms with Gasteiger partial charge in [-0.2, -0.15) is 0 Å². The fourth-order valence-corrected chi connectivity index (χ4v) is 2.71. The highest BCUT2D eigenvalue weighted by Crippen LogP contribution is 2.35. The number of nitrogens with zero attached hydrogens (tertiary/aromatic N) is 1. The minimum Gasteiger partial charge on any atom is -0.411 e. The maximum Gasteiger partial charge on any atom is 0.0827 e. The Labute approximate surface area is 115 Å². The van der Waals surface area contributed by atoms with Gasteiger partial charge in [-0.3, -0.25) is 0 Å². The van der Waals surface area contributed by atoms with Gasteiger partial charge in [0, 0.05) is 5.69 Å². The van der Waals surface area contributed by atoms with E-state index in [0.717, 1.165) is 30.7 Å². The molecule has 0 heterocycles. The van der Waals surface area contributed by atoms with Gasteiger partial charge in [0.05, 0.1) is 11.3 Å². The summed E-state index contributed by atoms with van der Waals surface area (Å²) >= 11 is 0. The molecule has 2 N–H and O–H groups in total. The number of hydrogen-bond donors (Lipinski definition) is 2. The van der Waals surface area contributed by atoms with Crippen molar-refractivity contribution in [3.05, 3.63) is 42.5 Å². The molecule has 0 radical (unpaired) electrons. The average Bonchev–Trinajstić information content (AvgIpc) is 2.39. The summed E-state index contributed by atoms with van der Waals surface area (Å²) < 4.78 is 0. The standard InChI is InChI=1S/C16H22N2O/c1-12(2)13-9-10-16(3,15(11-13)18-19)17-14-7-5-4-6-8-14/h4-8,13,17,19H,1,9-11H2,2-3H3/b18-15-/t13-,16+/m1/s1. The van der Waals surface area contributed by atoms with E-state index in [2.05, 4.69) is 24.0 Å². The first-order chi connectivity index (χ1) is 9.05. The minimum atomic E-state index is -0.276. The Hall–Kier alpha value is -1.77. The van der Waals surface area contributed by atoms with E-state index in [9.17, 15) is 5.21 Å². The highest BCUT2D eigenvalue weighted by Gasteiger charge is 2.37. The topological polar surface area (TPSA) is 44.6 Å². The van der Waals surface area contributed by atoms with Crippen LogP contribution in [-0.4, -0.2) is 16.5 Å². The van der Waals surface area contributed by atoms with E-state index in [-0.39, 0.29) is 5.54 Å². The molecule has 1 aliphatic rings. The molecular weight excluding hydrogens is 236 g/mol. The van der Waals surface area contributed by atoms with Gasteiger partial charge in [0.25, 0.3) is 0 Å². The lowest BCUT2D eigenvalue weighted by atomic mass is 9.74. The lowest BCUT2D eigenvalue weighted by Crippen LogP contribution is -2.47. The minimum absolute atomic E-state index is 0.276. The molecule has 0 unspecified atom stereocenters. The van der Waals surface area contributed by atoms with E-state index in [1.54, 1.807) is 0 Å². The van der Waals surface area contributed by atoms with Crippen molar-refractivity contribution in [3.8, 4) is 0 Å². The number of para-hydroxylation sites is 1. The third-order valence-electron chi connectivity index (χ3n) is 4.08. The molecule has 0 aliphatic heterocycles. The molecule has 0 amide bonds. The smallest absolute Gasteiger partial charge is 0.0827 e. The van der Waals surface area contributed by atoms with Gasteiger partial charge in [-0.1, -0.05) is 35.5 Å². The van der Waals surface area contributed by atoms with E-state index in [1.807, 2.05) is 37.3 Å². The van der Waals surface area contributed by atoms with Crippen molar-refractivity contribution < 1.29 is 5.21 Å². The lowest BCUT2D eigenvalue weighted by molar-refractivity contribution is 0.303.